The molecule has 0 aliphatic carbocycles. The van der Waals surface area contributed by atoms with Crippen molar-refractivity contribution in [3.05, 3.63) is 29.7 Å². The number of halogens is 1. The highest BCUT2D eigenvalue weighted by atomic mass is 35.5. The van der Waals surface area contributed by atoms with E-state index in [0.29, 0.717) is 11.1 Å². The lowest BCUT2D eigenvalue weighted by Crippen LogP contribution is -2.44. The maximum absolute atomic E-state index is 12.0. The van der Waals surface area contributed by atoms with Gasteiger partial charge in [0.2, 0.25) is 0 Å². The van der Waals surface area contributed by atoms with Gasteiger partial charge >= 0.3 is 5.97 Å². The second kappa shape index (κ2) is 6.58. The van der Waals surface area contributed by atoms with Crippen molar-refractivity contribution >= 4 is 35.4 Å². The number of carboxylic acids is 1. The minimum absolute atomic E-state index is 0. The highest BCUT2D eigenvalue weighted by Crippen LogP contribution is 2.18. The van der Waals surface area contributed by atoms with Gasteiger partial charge in [-0.2, -0.15) is 0 Å². The Balaban J connectivity index is 0.00000220. The van der Waals surface area contributed by atoms with Gasteiger partial charge in [-0.1, -0.05) is 13.8 Å². The summed E-state index contributed by atoms with van der Waals surface area (Å²) in [5, 5.41) is 11.5. The van der Waals surface area contributed by atoms with Crippen LogP contribution in [0.25, 0.3) is 11.1 Å². The van der Waals surface area contributed by atoms with Crippen molar-refractivity contribution in [2.24, 2.45) is 5.92 Å². The summed E-state index contributed by atoms with van der Waals surface area (Å²) in [6.07, 6.45) is 0. The third kappa shape index (κ3) is 3.72. The molecule has 0 aliphatic heterocycles. The molecule has 0 saturated heterocycles. The highest BCUT2D eigenvalue weighted by molar-refractivity contribution is 5.97. The van der Waals surface area contributed by atoms with Crippen LogP contribution in [0.4, 0.5) is 0 Å². The maximum atomic E-state index is 12.0. The first-order chi connectivity index (χ1) is 9.38. The van der Waals surface area contributed by atoms with Gasteiger partial charge in [0.25, 0.3) is 5.91 Å². The number of hydrogen-bond donors (Lipinski definition) is 2. The van der Waals surface area contributed by atoms with E-state index in [-0.39, 0.29) is 24.1 Å². The van der Waals surface area contributed by atoms with Crippen LogP contribution in [0.5, 0.6) is 0 Å². The first-order valence-electron chi connectivity index (χ1n) is 6.29. The molecule has 2 rings (SSSR count). The molecule has 0 radical (unpaired) electrons. The minimum atomic E-state index is -1.07. The molecule has 0 spiro atoms. The van der Waals surface area contributed by atoms with E-state index < -0.39 is 17.9 Å². The van der Waals surface area contributed by atoms with Gasteiger partial charge in [-0.15, -0.1) is 12.4 Å². The Hall–Kier alpha value is -2.08. The number of nitrogens with zero attached hydrogens (tertiary/aromatic N) is 1. The van der Waals surface area contributed by atoms with Crippen LogP contribution in [0.15, 0.2) is 22.6 Å². The largest absolute Gasteiger partial charge is 0.480 e. The average molecular weight is 313 g/mol. The lowest BCUT2D eigenvalue weighted by atomic mass is 10.0. The fourth-order valence-electron chi connectivity index (χ4n) is 1.86. The zero-order valence-electron chi connectivity index (χ0n) is 11.9. The number of aromatic nitrogens is 1. The standard InChI is InChI=1S/C14H16N2O4.ClH/c1-7(2)12(14(18)19)16-13(17)11-6-9-10(20-11)5-4-8(3)15-9;/h4-7,12H,1-3H3,(H,16,17)(H,18,19);1H/t12-;/m0./s1. The number of pyridine rings is 1. The summed E-state index contributed by atoms with van der Waals surface area (Å²) in [5.74, 6) is -1.79. The van der Waals surface area contributed by atoms with Gasteiger partial charge < -0.3 is 14.8 Å². The van der Waals surface area contributed by atoms with Crippen molar-refractivity contribution in [1.82, 2.24) is 10.3 Å². The van der Waals surface area contributed by atoms with E-state index in [1.807, 2.05) is 6.92 Å². The summed E-state index contributed by atoms with van der Waals surface area (Å²) in [6, 6.07) is 4.06. The van der Waals surface area contributed by atoms with Crippen molar-refractivity contribution < 1.29 is 19.1 Å². The molecule has 21 heavy (non-hydrogen) atoms. The zero-order chi connectivity index (χ0) is 14.9. The third-order valence-corrected chi connectivity index (χ3v) is 2.96. The Bertz CT molecular complexity index is 666. The molecule has 0 bridgehead atoms. The van der Waals surface area contributed by atoms with Crippen LogP contribution in [-0.2, 0) is 4.79 Å². The summed E-state index contributed by atoms with van der Waals surface area (Å²) < 4.78 is 5.38. The molecule has 0 unspecified atom stereocenters. The van der Waals surface area contributed by atoms with Crippen molar-refractivity contribution in [2.45, 2.75) is 26.8 Å². The molecular weight excluding hydrogens is 296 g/mol. The Morgan fingerprint density at radius 1 is 1.33 bits per heavy atom. The molecule has 6 nitrogen and oxygen atoms in total. The summed E-state index contributed by atoms with van der Waals surface area (Å²) in [5.41, 5.74) is 1.89. The van der Waals surface area contributed by atoms with Gasteiger partial charge in [-0.05, 0) is 25.0 Å². The molecule has 1 atom stereocenters. The van der Waals surface area contributed by atoms with Gasteiger partial charge in [-0.3, -0.25) is 4.79 Å². The van der Waals surface area contributed by atoms with Crippen LogP contribution in [0.3, 0.4) is 0 Å². The van der Waals surface area contributed by atoms with Crippen molar-refractivity contribution in [2.75, 3.05) is 0 Å². The van der Waals surface area contributed by atoms with E-state index in [0.717, 1.165) is 5.69 Å². The topological polar surface area (TPSA) is 92.4 Å². The molecule has 2 heterocycles. The van der Waals surface area contributed by atoms with Gasteiger partial charge in [0.05, 0.1) is 0 Å². The van der Waals surface area contributed by atoms with Crippen LogP contribution in [-0.4, -0.2) is 28.0 Å². The lowest BCUT2D eigenvalue weighted by molar-refractivity contribution is -0.140. The number of rotatable bonds is 4. The predicted molar refractivity (Wildman–Crippen MR) is 79.7 cm³/mol. The maximum Gasteiger partial charge on any atom is 0.326 e. The van der Waals surface area contributed by atoms with Crippen LogP contribution < -0.4 is 5.32 Å². The van der Waals surface area contributed by atoms with Crippen LogP contribution >= 0.6 is 12.4 Å². The molecule has 2 N–H and O–H groups in total. The number of nitrogens with one attached hydrogen (secondary N) is 1. The average Bonchev–Trinajstić information content (AvgIpc) is 2.77. The van der Waals surface area contributed by atoms with E-state index in [1.165, 1.54) is 6.07 Å². The fourth-order valence-corrected chi connectivity index (χ4v) is 1.86. The number of carboxylic acid groups (broad SMARTS) is 1. The second-order valence-corrected chi connectivity index (χ2v) is 4.98. The number of amides is 1. The summed E-state index contributed by atoms with van der Waals surface area (Å²) in [6.45, 7) is 5.29. The Morgan fingerprint density at radius 3 is 2.57 bits per heavy atom. The number of aryl methyl sites for hydroxylation is 1. The molecular formula is C14H17ClN2O4. The Labute approximate surface area is 128 Å². The normalized spacial score (nSPS) is 12.0. The van der Waals surface area contributed by atoms with Crippen LogP contribution in [0.1, 0.15) is 30.1 Å². The third-order valence-electron chi connectivity index (χ3n) is 2.96. The summed E-state index contributed by atoms with van der Waals surface area (Å²) in [4.78, 5) is 27.3. The molecule has 1 amide bonds. The molecule has 0 aromatic carbocycles. The predicted octanol–water partition coefficient (Wildman–Crippen LogP) is 2.40. The highest BCUT2D eigenvalue weighted by Gasteiger charge is 2.25. The number of carbonyl (C=O) groups excluding carboxylic acids is 1. The Kier molecular flexibility index (Phi) is 5.32. The van der Waals surface area contributed by atoms with Gasteiger partial charge in [0, 0.05) is 11.8 Å². The minimum Gasteiger partial charge on any atom is -0.480 e. The van der Waals surface area contributed by atoms with Gasteiger partial charge in [0.1, 0.15) is 11.6 Å². The van der Waals surface area contributed by atoms with Crippen molar-refractivity contribution in [3.8, 4) is 0 Å². The molecule has 0 saturated carbocycles. The number of carbonyl (C=O) groups is 2. The van der Waals surface area contributed by atoms with E-state index in [9.17, 15) is 9.59 Å². The molecule has 0 aliphatic rings. The number of hydrogen-bond acceptors (Lipinski definition) is 4. The smallest absolute Gasteiger partial charge is 0.326 e. The van der Waals surface area contributed by atoms with Crippen LogP contribution in [0, 0.1) is 12.8 Å². The molecule has 2 aromatic rings. The second-order valence-electron chi connectivity index (χ2n) is 4.98. The Morgan fingerprint density at radius 2 is 2.00 bits per heavy atom. The van der Waals surface area contributed by atoms with E-state index in [4.69, 9.17) is 9.52 Å². The summed E-state index contributed by atoms with van der Waals surface area (Å²) in [7, 11) is 0. The monoisotopic (exact) mass is 312 g/mol. The lowest BCUT2D eigenvalue weighted by Gasteiger charge is -2.16. The number of aliphatic carboxylic acids is 1. The van der Waals surface area contributed by atoms with E-state index in [2.05, 4.69) is 10.3 Å². The van der Waals surface area contributed by atoms with Gasteiger partial charge in [-0.25, -0.2) is 9.78 Å². The molecule has 7 heteroatoms. The van der Waals surface area contributed by atoms with Gasteiger partial charge in [0.15, 0.2) is 11.3 Å². The summed E-state index contributed by atoms with van der Waals surface area (Å²) >= 11 is 0. The first-order valence-corrected chi connectivity index (χ1v) is 6.29. The van der Waals surface area contributed by atoms with Crippen molar-refractivity contribution in [1.29, 1.82) is 0 Å². The SMILES string of the molecule is Cc1ccc2oc(C(=O)N[C@H](C(=O)O)C(C)C)cc2n1.Cl. The number of fused-ring (bicyclic) bond motifs is 1. The van der Waals surface area contributed by atoms with Crippen LogP contribution in [0.2, 0.25) is 0 Å². The van der Waals surface area contributed by atoms with Crippen molar-refractivity contribution in [3.63, 3.8) is 0 Å². The van der Waals surface area contributed by atoms with E-state index in [1.54, 1.807) is 26.0 Å². The fraction of sp³-hybridized carbons (Fsp3) is 0.357. The number of furan rings is 1. The first kappa shape index (κ1) is 17.0. The zero-order valence-corrected chi connectivity index (χ0v) is 12.7. The van der Waals surface area contributed by atoms with E-state index >= 15 is 0 Å². The molecule has 2 aromatic heterocycles. The molecule has 0 fully saturated rings. The molecule has 114 valence electrons. The quantitative estimate of drug-likeness (QED) is 0.904.